The SMILES string of the molecule is C=C(C)C(=O)OCCOC(=O)C(OC(=O)C12CC3CC(C1)OC(=O)C(C3)C2)(C(F)(F)F)C(F)(F)F. The van der Waals surface area contributed by atoms with Crippen LogP contribution in [0.1, 0.15) is 39.0 Å². The molecule has 4 rings (SSSR count). The van der Waals surface area contributed by atoms with Gasteiger partial charge in [0.2, 0.25) is 0 Å². The first kappa shape index (κ1) is 26.8. The highest BCUT2D eigenvalue weighted by Crippen LogP contribution is 2.57. The minimum Gasteiger partial charge on any atom is -0.462 e. The third kappa shape index (κ3) is 4.83. The van der Waals surface area contributed by atoms with Gasteiger partial charge in [-0.2, -0.15) is 26.3 Å². The number of fused-ring (bicyclic) bond motifs is 1. The second-order valence-electron chi connectivity index (χ2n) is 9.10. The summed E-state index contributed by atoms with van der Waals surface area (Å²) < 4.78 is 101. The third-order valence-corrected chi connectivity index (χ3v) is 6.43. The van der Waals surface area contributed by atoms with E-state index in [0.717, 1.165) is 0 Å². The summed E-state index contributed by atoms with van der Waals surface area (Å²) in [7, 11) is 0. The van der Waals surface area contributed by atoms with Crippen molar-refractivity contribution in [1.82, 2.24) is 0 Å². The highest BCUT2D eigenvalue weighted by Gasteiger charge is 2.81. The van der Waals surface area contributed by atoms with E-state index in [1.807, 2.05) is 0 Å². The lowest BCUT2D eigenvalue weighted by Crippen LogP contribution is -2.66. The molecule has 0 N–H and O–H groups in total. The van der Waals surface area contributed by atoms with Crippen LogP contribution in [0.3, 0.4) is 0 Å². The van der Waals surface area contributed by atoms with Crippen molar-refractivity contribution in [1.29, 1.82) is 0 Å². The highest BCUT2D eigenvalue weighted by atomic mass is 19.4. The first-order valence-electron chi connectivity index (χ1n) is 10.6. The summed E-state index contributed by atoms with van der Waals surface area (Å²) in [6.45, 7) is 2.41. The average molecular weight is 516 g/mol. The Kier molecular flexibility index (Phi) is 6.90. The van der Waals surface area contributed by atoms with Crippen molar-refractivity contribution in [3.8, 4) is 0 Å². The van der Waals surface area contributed by atoms with Crippen LogP contribution in [0.15, 0.2) is 12.2 Å². The molecule has 196 valence electrons. The summed E-state index contributed by atoms with van der Waals surface area (Å²) in [6, 6.07) is 0. The first-order valence-corrected chi connectivity index (χ1v) is 10.6. The number of alkyl halides is 6. The van der Waals surface area contributed by atoms with Crippen LogP contribution in [0.4, 0.5) is 26.3 Å². The van der Waals surface area contributed by atoms with Gasteiger partial charge < -0.3 is 18.9 Å². The number of ether oxygens (including phenoxy) is 4. The van der Waals surface area contributed by atoms with Crippen LogP contribution in [0.2, 0.25) is 0 Å². The summed E-state index contributed by atoms with van der Waals surface area (Å²) in [5.74, 6) is -7.75. The fourth-order valence-corrected chi connectivity index (χ4v) is 4.98. The number of rotatable bonds is 7. The van der Waals surface area contributed by atoms with Crippen molar-refractivity contribution in [3.63, 3.8) is 0 Å². The van der Waals surface area contributed by atoms with Gasteiger partial charge in [-0.3, -0.25) is 9.59 Å². The van der Waals surface area contributed by atoms with Gasteiger partial charge in [-0.15, -0.1) is 0 Å². The van der Waals surface area contributed by atoms with Gasteiger partial charge >= 0.3 is 41.8 Å². The minimum atomic E-state index is -6.45. The zero-order valence-corrected chi connectivity index (χ0v) is 18.4. The largest absolute Gasteiger partial charge is 0.462 e. The molecule has 2 aliphatic carbocycles. The van der Waals surface area contributed by atoms with Gasteiger partial charge in [-0.05, 0) is 38.5 Å². The molecule has 4 fully saturated rings. The minimum absolute atomic E-state index is 0.104. The summed E-state index contributed by atoms with van der Waals surface area (Å²) >= 11 is 0. The molecule has 14 heteroatoms. The molecule has 4 aliphatic rings. The summed E-state index contributed by atoms with van der Waals surface area (Å²) in [4.78, 5) is 48.6. The highest BCUT2D eigenvalue weighted by molar-refractivity contribution is 5.88. The lowest BCUT2D eigenvalue weighted by atomic mass is 9.59. The van der Waals surface area contributed by atoms with Crippen molar-refractivity contribution >= 4 is 23.9 Å². The Morgan fingerprint density at radius 1 is 1.00 bits per heavy atom. The molecule has 2 aliphatic heterocycles. The maximum absolute atomic E-state index is 13.9. The zero-order valence-electron chi connectivity index (χ0n) is 18.4. The number of hydrogen-bond acceptors (Lipinski definition) is 8. The number of halogens is 6. The second-order valence-corrected chi connectivity index (χ2v) is 9.10. The predicted molar refractivity (Wildman–Crippen MR) is 100 cm³/mol. The van der Waals surface area contributed by atoms with Gasteiger partial charge in [0.25, 0.3) is 0 Å². The Morgan fingerprint density at radius 2 is 1.60 bits per heavy atom. The van der Waals surface area contributed by atoms with Crippen LogP contribution in [0.5, 0.6) is 0 Å². The van der Waals surface area contributed by atoms with E-state index in [1.54, 1.807) is 0 Å². The quantitative estimate of drug-likeness (QED) is 0.167. The average Bonchev–Trinajstić information content (AvgIpc) is 2.87. The van der Waals surface area contributed by atoms with Crippen molar-refractivity contribution in [2.45, 2.75) is 63.1 Å². The monoisotopic (exact) mass is 516 g/mol. The van der Waals surface area contributed by atoms with E-state index < -0.39 is 72.5 Å². The van der Waals surface area contributed by atoms with Crippen LogP contribution in [0, 0.1) is 17.3 Å². The van der Waals surface area contributed by atoms with Gasteiger partial charge in [-0.1, -0.05) is 6.58 Å². The molecule has 2 saturated heterocycles. The first-order chi connectivity index (χ1) is 16.0. The van der Waals surface area contributed by atoms with E-state index in [1.165, 1.54) is 6.92 Å². The van der Waals surface area contributed by atoms with Crippen LogP contribution in [-0.2, 0) is 38.1 Å². The smallest absolute Gasteiger partial charge is 0.449 e. The van der Waals surface area contributed by atoms with E-state index >= 15 is 0 Å². The molecule has 0 amide bonds. The van der Waals surface area contributed by atoms with E-state index in [2.05, 4.69) is 20.8 Å². The van der Waals surface area contributed by atoms with Crippen LogP contribution < -0.4 is 0 Å². The van der Waals surface area contributed by atoms with Crippen molar-refractivity contribution < 1.29 is 64.5 Å². The Balaban J connectivity index is 1.87. The fourth-order valence-electron chi connectivity index (χ4n) is 4.98. The maximum Gasteiger partial charge on any atom is 0.449 e. The van der Waals surface area contributed by atoms with Crippen molar-refractivity contribution in [2.75, 3.05) is 13.2 Å². The van der Waals surface area contributed by atoms with Gasteiger partial charge in [0, 0.05) is 12.0 Å². The summed E-state index contributed by atoms with van der Waals surface area (Å²) in [5, 5.41) is 0. The van der Waals surface area contributed by atoms with E-state index in [0.29, 0.717) is 12.8 Å². The number of carbonyl (C=O) groups excluding carboxylic acids is 4. The van der Waals surface area contributed by atoms with Gasteiger partial charge in [0.15, 0.2) is 0 Å². The molecule has 2 saturated carbocycles. The zero-order chi connectivity index (χ0) is 26.4. The third-order valence-electron chi connectivity index (χ3n) is 6.43. The molecule has 4 atom stereocenters. The van der Waals surface area contributed by atoms with Gasteiger partial charge in [0.05, 0.1) is 11.3 Å². The molecule has 2 heterocycles. The molecular weight excluding hydrogens is 494 g/mol. The molecule has 4 unspecified atom stereocenters. The maximum atomic E-state index is 13.9. The number of carbonyl (C=O) groups is 4. The van der Waals surface area contributed by atoms with Crippen LogP contribution in [0.25, 0.3) is 0 Å². The van der Waals surface area contributed by atoms with Crippen LogP contribution >= 0.6 is 0 Å². The van der Waals surface area contributed by atoms with Gasteiger partial charge in [-0.25, -0.2) is 9.59 Å². The Hall–Kier alpha value is -2.80. The summed E-state index contributed by atoms with van der Waals surface area (Å²) in [6.07, 6.45) is -13.9. The topological polar surface area (TPSA) is 105 Å². The molecule has 4 bridgehead atoms. The molecule has 8 nitrogen and oxygen atoms in total. The summed E-state index contributed by atoms with van der Waals surface area (Å²) in [5.41, 5.74) is -7.60. The lowest BCUT2D eigenvalue weighted by Gasteiger charge is -2.45. The van der Waals surface area contributed by atoms with Crippen LogP contribution in [-0.4, -0.2) is 61.1 Å². The molecular formula is C21H22F6O8. The fraction of sp³-hybridized carbons (Fsp3) is 0.714. The van der Waals surface area contributed by atoms with E-state index in [-0.39, 0.29) is 30.8 Å². The number of hydrogen-bond donors (Lipinski definition) is 0. The van der Waals surface area contributed by atoms with Gasteiger partial charge in [0.1, 0.15) is 19.3 Å². The molecule has 0 aromatic carbocycles. The number of esters is 4. The lowest BCUT2D eigenvalue weighted by molar-refractivity contribution is -0.361. The molecule has 0 spiro atoms. The Bertz CT molecular complexity index is 912. The molecule has 0 radical (unpaired) electrons. The van der Waals surface area contributed by atoms with E-state index in [4.69, 9.17) is 4.74 Å². The Morgan fingerprint density at radius 3 is 2.17 bits per heavy atom. The molecule has 0 aromatic rings. The van der Waals surface area contributed by atoms with Crippen molar-refractivity contribution in [2.24, 2.45) is 17.3 Å². The molecule has 0 aromatic heterocycles. The normalized spacial score (nSPS) is 28.1. The molecule has 35 heavy (non-hydrogen) atoms. The predicted octanol–water partition coefficient (Wildman–Crippen LogP) is 3.18. The van der Waals surface area contributed by atoms with E-state index in [9.17, 15) is 45.5 Å². The standard InChI is InChI=1S/C21H22F6O8/c1-10(2)14(28)32-3-4-33-17(31)19(20(22,23)24,21(25,26)27)35-16(30)18-7-11-5-12(8-18)15(29)34-13(6-11)9-18/h11-13H,1,3-9H2,2H3. The second kappa shape index (κ2) is 9.01. The Labute approximate surface area is 194 Å². The van der Waals surface area contributed by atoms with Crippen molar-refractivity contribution in [3.05, 3.63) is 12.2 Å².